The van der Waals surface area contributed by atoms with Crippen LogP contribution in [0, 0.1) is 5.41 Å². The number of likely N-dealkylation sites (N-methyl/N-ethyl adjacent to an activating group) is 1. The lowest BCUT2D eigenvalue weighted by Gasteiger charge is -2.13. The summed E-state index contributed by atoms with van der Waals surface area (Å²) in [5, 5.41) is 5.21. The average Bonchev–Trinajstić information content (AvgIpc) is 2.97. The molecule has 21 heavy (non-hydrogen) atoms. The van der Waals surface area contributed by atoms with Gasteiger partial charge in [0, 0.05) is 18.8 Å². The van der Waals surface area contributed by atoms with Gasteiger partial charge in [0.25, 0.3) is 5.91 Å². The smallest absolute Gasteiger partial charge is 0.257 e. The van der Waals surface area contributed by atoms with Crippen LogP contribution in [0.3, 0.4) is 0 Å². The number of alkyl halides is 2. The van der Waals surface area contributed by atoms with Gasteiger partial charge in [-0.25, -0.2) is 0 Å². The number of amides is 2. The topological polar surface area (TPSA) is 67.4 Å². The molecule has 1 unspecified atom stereocenters. The van der Waals surface area contributed by atoms with E-state index in [9.17, 15) is 9.59 Å². The normalized spacial score (nSPS) is 22.3. The Morgan fingerprint density at radius 2 is 2.05 bits per heavy atom. The quantitative estimate of drug-likeness (QED) is 0.814. The monoisotopic (exact) mass is 330 g/mol. The summed E-state index contributed by atoms with van der Waals surface area (Å²) >= 11 is 12.0. The molecule has 0 bridgehead atoms. The van der Waals surface area contributed by atoms with Gasteiger partial charge < -0.3 is 15.4 Å². The molecule has 0 spiro atoms. The van der Waals surface area contributed by atoms with E-state index in [1.807, 2.05) is 0 Å². The summed E-state index contributed by atoms with van der Waals surface area (Å²) in [5.41, 5.74) is -0.221. The van der Waals surface area contributed by atoms with Gasteiger partial charge in [-0.15, -0.1) is 23.2 Å². The summed E-state index contributed by atoms with van der Waals surface area (Å²) in [6.45, 7) is 1.63. The minimum atomic E-state index is -1.01. The van der Waals surface area contributed by atoms with Crippen molar-refractivity contribution < 1.29 is 14.3 Å². The molecule has 1 atom stereocenters. The zero-order chi connectivity index (χ0) is 15.7. The molecular formula is C14H16Cl2N2O3. The Kier molecular flexibility index (Phi) is 4.35. The van der Waals surface area contributed by atoms with Crippen molar-refractivity contribution in [1.29, 1.82) is 0 Å². The van der Waals surface area contributed by atoms with Crippen LogP contribution >= 0.6 is 23.2 Å². The molecule has 2 rings (SSSR count). The fraction of sp³-hybridized carbons (Fsp3) is 0.429. The van der Waals surface area contributed by atoms with Crippen LogP contribution in [-0.2, 0) is 9.59 Å². The van der Waals surface area contributed by atoms with Crippen LogP contribution in [0.2, 0.25) is 0 Å². The number of halogens is 2. The van der Waals surface area contributed by atoms with Crippen LogP contribution < -0.4 is 15.4 Å². The molecule has 0 heterocycles. The second kappa shape index (κ2) is 5.73. The number of anilines is 1. The Balaban J connectivity index is 1.98. The van der Waals surface area contributed by atoms with Crippen molar-refractivity contribution >= 4 is 40.7 Å². The number of ether oxygens (including phenoxy) is 1. The first-order valence-electron chi connectivity index (χ1n) is 6.41. The van der Waals surface area contributed by atoms with E-state index in [2.05, 4.69) is 10.6 Å². The molecule has 1 aliphatic rings. The lowest BCUT2D eigenvalue weighted by molar-refractivity contribution is -0.122. The summed E-state index contributed by atoms with van der Waals surface area (Å²) in [6, 6.07) is 6.78. The zero-order valence-corrected chi connectivity index (χ0v) is 13.2. The Morgan fingerprint density at radius 1 is 1.38 bits per heavy atom. The fourth-order valence-corrected chi connectivity index (χ4v) is 2.51. The summed E-state index contributed by atoms with van der Waals surface area (Å²) in [7, 11) is 1.53. The van der Waals surface area contributed by atoms with Gasteiger partial charge in [-0.05, 0) is 25.5 Å². The van der Waals surface area contributed by atoms with Crippen molar-refractivity contribution in [1.82, 2.24) is 5.32 Å². The maximum atomic E-state index is 12.2. The predicted octanol–water partition coefficient (Wildman–Crippen LogP) is 2.33. The number of carbonyl (C=O) groups is 2. The standard InChI is InChI=1S/C14H16Cl2N2O3/c1-13(8-14(13,15)16)12(20)18-9-4-3-5-10(6-9)21-7-11(19)17-2/h3-6H,7-8H2,1-2H3,(H,17,19)(H,18,20). The first kappa shape index (κ1) is 15.9. The molecule has 1 aliphatic carbocycles. The highest BCUT2D eigenvalue weighted by molar-refractivity contribution is 6.53. The highest BCUT2D eigenvalue weighted by Gasteiger charge is 2.67. The third-order valence-corrected chi connectivity index (χ3v) is 4.60. The van der Waals surface area contributed by atoms with Gasteiger partial charge in [0.1, 0.15) is 10.1 Å². The Labute approximate surface area is 132 Å². The van der Waals surface area contributed by atoms with Crippen molar-refractivity contribution in [3.8, 4) is 5.75 Å². The molecule has 1 aromatic rings. The summed E-state index contributed by atoms with van der Waals surface area (Å²) in [5.74, 6) is 0.0142. The van der Waals surface area contributed by atoms with Crippen LogP contribution in [0.5, 0.6) is 5.75 Å². The Bertz CT molecular complexity index is 577. The van der Waals surface area contributed by atoms with Gasteiger partial charge >= 0.3 is 0 Å². The van der Waals surface area contributed by atoms with E-state index in [1.54, 1.807) is 31.2 Å². The first-order chi connectivity index (χ1) is 9.78. The van der Waals surface area contributed by atoms with Gasteiger partial charge in [0.2, 0.25) is 5.91 Å². The lowest BCUT2D eigenvalue weighted by atomic mass is 10.1. The second-order valence-corrected chi connectivity index (χ2v) is 6.64. The van der Waals surface area contributed by atoms with Gasteiger partial charge in [0.05, 0.1) is 5.41 Å². The van der Waals surface area contributed by atoms with Crippen molar-refractivity contribution in [2.24, 2.45) is 5.41 Å². The van der Waals surface area contributed by atoms with E-state index in [4.69, 9.17) is 27.9 Å². The fourth-order valence-electron chi connectivity index (χ4n) is 1.80. The molecule has 5 nitrogen and oxygen atoms in total. The SMILES string of the molecule is CNC(=O)COc1cccc(NC(=O)C2(C)CC2(Cl)Cl)c1. The molecule has 0 aliphatic heterocycles. The van der Waals surface area contributed by atoms with Crippen LogP contribution in [0.4, 0.5) is 5.69 Å². The molecule has 0 aromatic heterocycles. The second-order valence-electron chi connectivity index (χ2n) is 5.16. The minimum Gasteiger partial charge on any atom is -0.484 e. The van der Waals surface area contributed by atoms with E-state index in [1.165, 1.54) is 7.05 Å². The number of benzene rings is 1. The van der Waals surface area contributed by atoms with Crippen molar-refractivity contribution in [3.05, 3.63) is 24.3 Å². The predicted molar refractivity (Wildman–Crippen MR) is 81.8 cm³/mol. The van der Waals surface area contributed by atoms with E-state index >= 15 is 0 Å². The number of hydrogen-bond acceptors (Lipinski definition) is 3. The minimum absolute atomic E-state index is 0.0852. The van der Waals surface area contributed by atoms with Crippen molar-refractivity contribution in [2.45, 2.75) is 17.7 Å². The Hall–Kier alpha value is -1.46. The van der Waals surface area contributed by atoms with E-state index in [0.29, 0.717) is 17.9 Å². The van der Waals surface area contributed by atoms with E-state index in [-0.39, 0.29) is 18.4 Å². The van der Waals surface area contributed by atoms with E-state index in [0.717, 1.165) is 0 Å². The third kappa shape index (κ3) is 3.41. The first-order valence-corrected chi connectivity index (χ1v) is 7.17. The zero-order valence-electron chi connectivity index (χ0n) is 11.7. The molecule has 7 heteroatoms. The molecule has 114 valence electrons. The van der Waals surface area contributed by atoms with Gasteiger partial charge in [0.15, 0.2) is 6.61 Å². The highest BCUT2D eigenvalue weighted by Crippen LogP contribution is 2.64. The molecule has 2 N–H and O–H groups in total. The molecule has 0 radical (unpaired) electrons. The van der Waals surface area contributed by atoms with Crippen LogP contribution in [0.1, 0.15) is 13.3 Å². The summed E-state index contributed by atoms with van der Waals surface area (Å²) in [6.07, 6.45) is 0.418. The van der Waals surface area contributed by atoms with Gasteiger partial charge in [-0.3, -0.25) is 9.59 Å². The molecular weight excluding hydrogens is 315 g/mol. The van der Waals surface area contributed by atoms with Crippen LogP contribution in [0.25, 0.3) is 0 Å². The lowest BCUT2D eigenvalue weighted by Crippen LogP contribution is -2.26. The molecule has 0 saturated heterocycles. The van der Waals surface area contributed by atoms with Crippen molar-refractivity contribution in [2.75, 3.05) is 19.0 Å². The molecule has 1 aromatic carbocycles. The highest BCUT2D eigenvalue weighted by atomic mass is 35.5. The molecule has 1 saturated carbocycles. The molecule has 2 amide bonds. The number of rotatable bonds is 5. The average molecular weight is 331 g/mol. The number of nitrogens with one attached hydrogen (secondary N) is 2. The maximum absolute atomic E-state index is 12.2. The third-order valence-electron chi connectivity index (χ3n) is 3.50. The largest absolute Gasteiger partial charge is 0.484 e. The van der Waals surface area contributed by atoms with Crippen LogP contribution in [0.15, 0.2) is 24.3 Å². The molecule has 1 fully saturated rings. The van der Waals surface area contributed by atoms with Crippen LogP contribution in [-0.4, -0.2) is 29.8 Å². The van der Waals surface area contributed by atoms with Gasteiger partial charge in [-0.2, -0.15) is 0 Å². The van der Waals surface area contributed by atoms with E-state index < -0.39 is 9.75 Å². The summed E-state index contributed by atoms with van der Waals surface area (Å²) in [4.78, 5) is 23.3. The number of hydrogen-bond donors (Lipinski definition) is 2. The number of carbonyl (C=O) groups excluding carboxylic acids is 2. The Morgan fingerprint density at radius 3 is 2.62 bits per heavy atom. The maximum Gasteiger partial charge on any atom is 0.257 e. The summed E-state index contributed by atoms with van der Waals surface area (Å²) < 4.78 is 4.30. The van der Waals surface area contributed by atoms with Gasteiger partial charge in [-0.1, -0.05) is 6.07 Å². The van der Waals surface area contributed by atoms with Crippen molar-refractivity contribution in [3.63, 3.8) is 0 Å².